The molecule has 0 unspecified atom stereocenters. The van der Waals surface area contributed by atoms with Gasteiger partial charge in [0, 0.05) is 0 Å². The quantitative estimate of drug-likeness (QED) is 0.527. The summed E-state index contributed by atoms with van der Waals surface area (Å²) in [5.74, 6) is 0.153. The predicted molar refractivity (Wildman–Crippen MR) is 111 cm³/mol. The molecule has 0 aliphatic rings. The minimum atomic E-state index is -0.426. The summed E-state index contributed by atoms with van der Waals surface area (Å²) >= 11 is 0. The third kappa shape index (κ3) is 3.90. The van der Waals surface area contributed by atoms with Gasteiger partial charge in [-0.15, -0.1) is 5.10 Å². The number of amides is 1. The number of hydrogen-bond acceptors (Lipinski definition) is 6. The lowest BCUT2D eigenvalue weighted by molar-refractivity contribution is -0.116. The number of methoxy groups -OCH3 is 1. The summed E-state index contributed by atoms with van der Waals surface area (Å²) in [4.78, 5) is 29.5. The van der Waals surface area contributed by atoms with Crippen molar-refractivity contribution in [3.63, 3.8) is 0 Å². The molecule has 4 rings (SSSR count). The highest BCUT2D eigenvalue weighted by Gasteiger charge is 2.15. The van der Waals surface area contributed by atoms with Gasteiger partial charge in [0.2, 0.25) is 5.91 Å². The number of hydrogen-bond donors (Lipinski definition) is 1. The van der Waals surface area contributed by atoms with Crippen molar-refractivity contribution in [3.8, 4) is 5.75 Å². The van der Waals surface area contributed by atoms with Gasteiger partial charge in [0.1, 0.15) is 18.6 Å². The molecule has 0 fully saturated rings. The van der Waals surface area contributed by atoms with Gasteiger partial charge in [-0.05, 0) is 24.6 Å². The van der Waals surface area contributed by atoms with E-state index in [9.17, 15) is 9.59 Å². The highest BCUT2D eigenvalue weighted by atomic mass is 16.5. The number of aryl methyl sites for hydroxylation is 1. The first-order valence-corrected chi connectivity index (χ1v) is 9.32. The zero-order chi connectivity index (χ0) is 21.1. The Balaban J connectivity index is 1.54. The fraction of sp³-hybridized carbons (Fsp3) is 0.190. The Morgan fingerprint density at radius 2 is 1.90 bits per heavy atom. The molecule has 2 aromatic carbocycles. The van der Waals surface area contributed by atoms with Gasteiger partial charge in [0.25, 0.3) is 5.56 Å². The van der Waals surface area contributed by atoms with Crippen molar-refractivity contribution in [1.82, 2.24) is 24.5 Å². The number of anilines is 1. The van der Waals surface area contributed by atoms with Gasteiger partial charge in [-0.25, -0.2) is 9.67 Å². The summed E-state index contributed by atoms with van der Waals surface area (Å²) in [6.45, 7) is 2.26. The van der Waals surface area contributed by atoms with Crippen LogP contribution >= 0.6 is 0 Å². The molecule has 0 bridgehead atoms. The summed E-state index contributed by atoms with van der Waals surface area (Å²) in [7, 11) is 1.52. The molecule has 0 atom stereocenters. The lowest BCUT2D eigenvalue weighted by atomic mass is 10.1. The molecular formula is C21H20N6O3. The Morgan fingerprint density at radius 1 is 1.13 bits per heavy atom. The number of aromatic nitrogens is 5. The summed E-state index contributed by atoms with van der Waals surface area (Å²) in [5, 5.41) is 10.8. The molecule has 1 N–H and O–H groups in total. The van der Waals surface area contributed by atoms with Gasteiger partial charge in [-0.1, -0.05) is 47.2 Å². The second-order valence-electron chi connectivity index (χ2n) is 6.83. The van der Waals surface area contributed by atoms with Crippen LogP contribution < -0.4 is 15.6 Å². The maximum Gasteiger partial charge on any atom is 0.283 e. The van der Waals surface area contributed by atoms with Gasteiger partial charge in [-0.3, -0.25) is 14.2 Å². The maximum absolute atomic E-state index is 12.8. The summed E-state index contributed by atoms with van der Waals surface area (Å²) in [6, 6.07) is 15.0. The monoisotopic (exact) mass is 404 g/mol. The number of benzene rings is 2. The number of carbonyl (C=O) groups is 1. The van der Waals surface area contributed by atoms with Crippen LogP contribution in [0.3, 0.4) is 0 Å². The Kier molecular flexibility index (Phi) is 5.25. The molecule has 0 spiro atoms. The van der Waals surface area contributed by atoms with Crippen molar-refractivity contribution in [3.05, 3.63) is 76.3 Å². The Labute approximate surface area is 171 Å². The van der Waals surface area contributed by atoms with Gasteiger partial charge < -0.3 is 10.1 Å². The number of para-hydroxylation sites is 2. The normalized spacial score (nSPS) is 10.9. The zero-order valence-corrected chi connectivity index (χ0v) is 16.6. The van der Waals surface area contributed by atoms with Crippen LogP contribution in [-0.2, 0) is 17.9 Å². The number of fused-ring (bicyclic) bond motifs is 1. The molecule has 0 aliphatic heterocycles. The van der Waals surface area contributed by atoms with E-state index in [-0.39, 0.29) is 18.0 Å². The van der Waals surface area contributed by atoms with E-state index in [1.54, 1.807) is 28.9 Å². The van der Waals surface area contributed by atoms with E-state index < -0.39 is 5.56 Å². The molecule has 9 nitrogen and oxygen atoms in total. The lowest BCUT2D eigenvalue weighted by Crippen LogP contribution is -2.28. The number of nitrogens with one attached hydrogen (secondary N) is 1. The van der Waals surface area contributed by atoms with Crippen LogP contribution in [0.15, 0.2) is 59.7 Å². The standard InChI is InChI=1S/C21H20N6O3/c1-14-7-9-15(10-8-14)11-27-20-19(24-25-27)21(29)26(13-22-20)12-18(28)23-16-5-3-4-6-17(16)30-2/h3-10,13H,11-12H2,1-2H3,(H,23,28). The van der Waals surface area contributed by atoms with Crippen LogP contribution in [0.2, 0.25) is 0 Å². The van der Waals surface area contributed by atoms with E-state index >= 15 is 0 Å². The van der Waals surface area contributed by atoms with Crippen molar-refractivity contribution in [2.45, 2.75) is 20.0 Å². The third-order valence-corrected chi connectivity index (χ3v) is 4.64. The maximum atomic E-state index is 12.8. The highest BCUT2D eigenvalue weighted by Crippen LogP contribution is 2.22. The van der Waals surface area contributed by atoms with E-state index in [2.05, 4.69) is 20.6 Å². The Morgan fingerprint density at radius 3 is 2.67 bits per heavy atom. The van der Waals surface area contributed by atoms with Crippen molar-refractivity contribution in [1.29, 1.82) is 0 Å². The molecule has 0 aliphatic carbocycles. The van der Waals surface area contributed by atoms with E-state index in [1.807, 2.05) is 31.2 Å². The molecule has 4 aromatic rings. The van der Waals surface area contributed by atoms with Gasteiger partial charge >= 0.3 is 0 Å². The molecule has 0 radical (unpaired) electrons. The average Bonchev–Trinajstić information content (AvgIpc) is 3.15. The molecule has 9 heteroatoms. The van der Waals surface area contributed by atoms with Crippen LogP contribution in [0.25, 0.3) is 11.2 Å². The van der Waals surface area contributed by atoms with E-state index in [1.165, 1.54) is 18.0 Å². The van der Waals surface area contributed by atoms with Crippen LogP contribution in [0, 0.1) is 6.92 Å². The predicted octanol–water partition coefficient (Wildman–Crippen LogP) is 1.99. The zero-order valence-electron chi connectivity index (χ0n) is 16.6. The van der Waals surface area contributed by atoms with E-state index in [4.69, 9.17) is 4.74 Å². The first kappa shape index (κ1) is 19.3. The summed E-state index contributed by atoms with van der Waals surface area (Å²) in [6.07, 6.45) is 1.33. The first-order valence-electron chi connectivity index (χ1n) is 9.32. The lowest BCUT2D eigenvalue weighted by Gasteiger charge is -2.10. The number of ether oxygens (including phenoxy) is 1. The second-order valence-corrected chi connectivity index (χ2v) is 6.83. The Bertz CT molecular complexity index is 1260. The van der Waals surface area contributed by atoms with Crippen molar-refractivity contribution in [2.24, 2.45) is 0 Å². The van der Waals surface area contributed by atoms with Gasteiger partial charge in [0.15, 0.2) is 11.2 Å². The fourth-order valence-electron chi connectivity index (χ4n) is 3.06. The topological polar surface area (TPSA) is 104 Å². The molecule has 152 valence electrons. The van der Waals surface area contributed by atoms with Crippen LogP contribution in [0.1, 0.15) is 11.1 Å². The fourth-order valence-corrected chi connectivity index (χ4v) is 3.06. The highest BCUT2D eigenvalue weighted by molar-refractivity contribution is 5.92. The van der Waals surface area contributed by atoms with Crippen LogP contribution in [0.5, 0.6) is 5.75 Å². The number of rotatable bonds is 6. The largest absolute Gasteiger partial charge is 0.495 e. The van der Waals surface area contributed by atoms with Crippen LogP contribution in [0.4, 0.5) is 5.69 Å². The average molecular weight is 404 g/mol. The number of nitrogens with zero attached hydrogens (tertiary/aromatic N) is 5. The van der Waals surface area contributed by atoms with Gasteiger partial charge in [0.05, 0.1) is 19.3 Å². The van der Waals surface area contributed by atoms with E-state index in [0.29, 0.717) is 23.6 Å². The minimum Gasteiger partial charge on any atom is -0.495 e. The minimum absolute atomic E-state index is 0.120. The van der Waals surface area contributed by atoms with Crippen molar-refractivity contribution >= 4 is 22.8 Å². The summed E-state index contributed by atoms with van der Waals surface area (Å²) < 4.78 is 8.00. The summed E-state index contributed by atoms with van der Waals surface area (Å²) in [5.41, 5.74) is 2.78. The smallest absolute Gasteiger partial charge is 0.283 e. The molecule has 0 saturated heterocycles. The molecule has 0 saturated carbocycles. The van der Waals surface area contributed by atoms with E-state index in [0.717, 1.165) is 11.1 Å². The third-order valence-electron chi connectivity index (χ3n) is 4.64. The Hall–Kier alpha value is -4.01. The second kappa shape index (κ2) is 8.16. The number of carbonyl (C=O) groups excluding carboxylic acids is 1. The first-order chi connectivity index (χ1) is 14.5. The van der Waals surface area contributed by atoms with Crippen LogP contribution in [-0.4, -0.2) is 37.6 Å². The molecule has 1 amide bonds. The molecular weight excluding hydrogens is 384 g/mol. The van der Waals surface area contributed by atoms with Crippen molar-refractivity contribution < 1.29 is 9.53 Å². The molecule has 2 aromatic heterocycles. The SMILES string of the molecule is COc1ccccc1NC(=O)Cn1cnc2c(nnn2Cc2ccc(C)cc2)c1=O. The molecule has 30 heavy (non-hydrogen) atoms. The molecule has 2 heterocycles. The van der Waals surface area contributed by atoms with Crippen molar-refractivity contribution in [2.75, 3.05) is 12.4 Å². The van der Waals surface area contributed by atoms with Gasteiger partial charge in [-0.2, -0.15) is 0 Å².